The lowest BCUT2D eigenvalue weighted by atomic mass is 10.1. The first-order valence-corrected chi connectivity index (χ1v) is 8.75. The zero-order valence-electron chi connectivity index (χ0n) is 15.0. The SMILES string of the molecule is Cc1cccc(-n2nc(-c3ccccc3)cc2NC(=O)CCCC(=O)[O-])c1. The van der Waals surface area contributed by atoms with Gasteiger partial charge in [0.05, 0.1) is 11.4 Å². The summed E-state index contributed by atoms with van der Waals surface area (Å²) in [5.41, 5.74) is 3.59. The van der Waals surface area contributed by atoms with E-state index in [2.05, 4.69) is 10.4 Å². The molecule has 0 atom stereocenters. The van der Waals surface area contributed by atoms with Gasteiger partial charge < -0.3 is 15.2 Å². The minimum absolute atomic E-state index is 0.105. The average Bonchev–Trinajstić information content (AvgIpc) is 3.06. The van der Waals surface area contributed by atoms with Crippen molar-refractivity contribution >= 4 is 17.7 Å². The van der Waals surface area contributed by atoms with E-state index in [0.29, 0.717) is 5.82 Å². The Morgan fingerprint density at radius 2 is 1.81 bits per heavy atom. The van der Waals surface area contributed by atoms with Crippen molar-refractivity contribution in [3.05, 3.63) is 66.2 Å². The van der Waals surface area contributed by atoms with Crippen LogP contribution in [0.15, 0.2) is 60.7 Å². The number of nitrogens with zero attached hydrogens (tertiary/aromatic N) is 2. The summed E-state index contributed by atoms with van der Waals surface area (Å²) in [7, 11) is 0. The van der Waals surface area contributed by atoms with Gasteiger partial charge in [-0.15, -0.1) is 0 Å². The van der Waals surface area contributed by atoms with Crippen LogP contribution >= 0.6 is 0 Å². The average molecular weight is 362 g/mol. The highest BCUT2D eigenvalue weighted by molar-refractivity contribution is 5.91. The zero-order chi connectivity index (χ0) is 19.2. The van der Waals surface area contributed by atoms with Gasteiger partial charge in [0.2, 0.25) is 5.91 Å². The van der Waals surface area contributed by atoms with Crippen LogP contribution in [0.1, 0.15) is 24.8 Å². The maximum atomic E-state index is 12.2. The van der Waals surface area contributed by atoms with E-state index < -0.39 is 5.97 Å². The molecule has 0 aliphatic rings. The first-order chi connectivity index (χ1) is 13.0. The Labute approximate surface area is 157 Å². The Hall–Kier alpha value is -3.41. The molecule has 0 radical (unpaired) electrons. The first-order valence-electron chi connectivity index (χ1n) is 8.75. The Morgan fingerprint density at radius 1 is 1.04 bits per heavy atom. The Bertz CT molecular complexity index is 948. The molecular weight excluding hydrogens is 342 g/mol. The van der Waals surface area contributed by atoms with Crippen LogP contribution in [0, 0.1) is 6.92 Å². The molecule has 0 spiro atoms. The molecule has 3 rings (SSSR count). The lowest BCUT2D eigenvalue weighted by Gasteiger charge is -2.09. The van der Waals surface area contributed by atoms with E-state index >= 15 is 0 Å². The van der Waals surface area contributed by atoms with Gasteiger partial charge in [-0.2, -0.15) is 5.10 Å². The summed E-state index contributed by atoms with van der Waals surface area (Å²) in [5, 5.41) is 18.0. The molecule has 0 saturated carbocycles. The molecule has 138 valence electrons. The molecule has 1 amide bonds. The maximum Gasteiger partial charge on any atom is 0.225 e. The van der Waals surface area contributed by atoms with Crippen molar-refractivity contribution in [2.24, 2.45) is 0 Å². The summed E-state index contributed by atoms with van der Waals surface area (Å²) in [6.07, 6.45) is 0.200. The standard InChI is InChI=1S/C21H21N3O3/c1-15-7-5-10-17(13-15)24-19(22-20(25)11-6-12-21(26)27)14-18(23-24)16-8-3-2-4-9-16/h2-5,7-10,13-14H,6,11-12H2,1H3,(H,22,25)(H,26,27)/p-1. The number of aryl methyl sites for hydroxylation is 1. The number of hydrogen-bond acceptors (Lipinski definition) is 4. The monoisotopic (exact) mass is 362 g/mol. The van der Waals surface area contributed by atoms with Gasteiger partial charge in [0, 0.05) is 24.0 Å². The summed E-state index contributed by atoms with van der Waals surface area (Å²) >= 11 is 0. The number of carboxylic acid groups (broad SMARTS) is 1. The molecule has 0 unspecified atom stereocenters. The van der Waals surface area contributed by atoms with Gasteiger partial charge in [-0.25, -0.2) is 4.68 Å². The molecule has 0 fully saturated rings. The van der Waals surface area contributed by atoms with Crippen molar-refractivity contribution < 1.29 is 14.7 Å². The van der Waals surface area contributed by atoms with Gasteiger partial charge in [0.1, 0.15) is 5.82 Å². The molecule has 6 heteroatoms. The third-order valence-electron chi connectivity index (χ3n) is 4.08. The fourth-order valence-electron chi connectivity index (χ4n) is 2.78. The van der Waals surface area contributed by atoms with E-state index in [0.717, 1.165) is 22.5 Å². The van der Waals surface area contributed by atoms with Crippen LogP contribution < -0.4 is 10.4 Å². The molecule has 2 aromatic carbocycles. The largest absolute Gasteiger partial charge is 0.550 e. The molecule has 3 aromatic rings. The third-order valence-corrected chi connectivity index (χ3v) is 4.08. The Kier molecular flexibility index (Phi) is 5.66. The topological polar surface area (TPSA) is 87.0 Å². The number of anilines is 1. The van der Waals surface area contributed by atoms with Gasteiger partial charge in [0.15, 0.2) is 0 Å². The number of aromatic nitrogens is 2. The Morgan fingerprint density at radius 3 is 2.52 bits per heavy atom. The number of rotatable bonds is 7. The second-order valence-electron chi connectivity index (χ2n) is 6.31. The summed E-state index contributed by atoms with van der Waals surface area (Å²) in [6.45, 7) is 1.99. The number of amides is 1. The van der Waals surface area contributed by atoms with E-state index in [9.17, 15) is 14.7 Å². The molecule has 0 bridgehead atoms. The number of hydrogen-bond donors (Lipinski definition) is 1. The third kappa shape index (κ3) is 4.82. The number of carbonyl (C=O) groups excluding carboxylic acids is 2. The van der Waals surface area contributed by atoms with Crippen LogP contribution in [-0.2, 0) is 9.59 Å². The maximum absolute atomic E-state index is 12.2. The predicted octanol–water partition coefficient (Wildman–Crippen LogP) is 2.71. The number of benzene rings is 2. The number of carboxylic acids is 1. The quantitative estimate of drug-likeness (QED) is 0.700. The molecule has 0 aliphatic carbocycles. The highest BCUT2D eigenvalue weighted by atomic mass is 16.4. The predicted molar refractivity (Wildman–Crippen MR) is 101 cm³/mol. The summed E-state index contributed by atoms with van der Waals surface area (Å²) in [4.78, 5) is 22.7. The van der Waals surface area contributed by atoms with Crippen LogP contribution in [0.2, 0.25) is 0 Å². The van der Waals surface area contributed by atoms with Crippen LogP contribution in [-0.4, -0.2) is 21.7 Å². The number of carbonyl (C=O) groups is 2. The van der Waals surface area contributed by atoms with E-state index in [1.165, 1.54) is 0 Å². The van der Waals surface area contributed by atoms with Crippen molar-refractivity contribution in [3.8, 4) is 16.9 Å². The summed E-state index contributed by atoms with van der Waals surface area (Å²) < 4.78 is 1.69. The molecule has 1 aromatic heterocycles. The molecule has 1 N–H and O–H groups in total. The van der Waals surface area contributed by atoms with E-state index in [4.69, 9.17) is 0 Å². The highest BCUT2D eigenvalue weighted by Crippen LogP contribution is 2.25. The van der Waals surface area contributed by atoms with Crippen LogP contribution in [0.25, 0.3) is 16.9 Å². The van der Waals surface area contributed by atoms with Crippen molar-refractivity contribution in [3.63, 3.8) is 0 Å². The van der Waals surface area contributed by atoms with Gasteiger partial charge in [-0.05, 0) is 37.5 Å². The van der Waals surface area contributed by atoms with E-state index in [1.807, 2.05) is 67.6 Å². The summed E-state index contributed by atoms with van der Waals surface area (Å²) in [5.74, 6) is -0.874. The van der Waals surface area contributed by atoms with Gasteiger partial charge in [0.25, 0.3) is 0 Å². The summed E-state index contributed by atoms with van der Waals surface area (Å²) in [6, 6.07) is 19.3. The lowest BCUT2D eigenvalue weighted by molar-refractivity contribution is -0.305. The number of nitrogens with one attached hydrogen (secondary N) is 1. The Balaban J connectivity index is 1.89. The fourth-order valence-corrected chi connectivity index (χ4v) is 2.78. The lowest BCUT2D eigenvalue weighted by Crippen LogP contribution is -2.22. The normalized spacial score (nSPS) is 10.6. The van der Waals surface area contributed by atoms with Gasteiger partial charge in [-0.1, -0.05) is 42.5 Å². The molecule has 1 heterocycles. The van der Waals surface area contributed by atoms with Crippen LogP contribution in [0.3, 0.4) is 0 Å². The first kappa shape index (κ1) is 18.4. The van der Waals surface area contributed by atoms with Crippen molar-refractivity contribution in [2.75, 3.05) is 5.32 Å². The second-order valence-corrected chi connectivity index (χ2v) is 6.31. The molecular formula is C21H20N3O3-. The molecule has 27 heavy (non-hydrogen) atoms. The second kappa shape index (κ2) is 8.31. The van der Waals surface area contributed by atoms with Crippen molar-refractivity contribution in [2.45, 2.75) is 26.2 Å². The van der Waals surface area contributed by atoms with Gasteiger partial charge in [-0.3, -0.25) is 4.79 Å². The van der Waals surface area contributed by atoms with Crippen LogP contribution in [0.4, 0.5) is 5.82 Å². The smallest absolute Gasteiger partial charge is 0.225 e. The molecule has 0 saturated heterocycles. The molecule has 0 aliphatic heterocycles. The molecule has 6 nitrogen and oxygen atoms in total. The van der Waals surface area contributed by atoms with Crippen molar-refractivity contribution in [1.82, 2.24) is 9.78 Å². The van der Waals surface area contributed by atoms with Gasteiger partial charge >= 0.3 is 0 Å². The van der Waals surface area contributed by atoms with Crippen LogP contribution in [0.5, 0.6) is 0 Å². The minimum atomic E-state index is -1.15. The minimum Gasteiger partial charge on any atom is -0.550 e. The van der Waals surface area contributed by atoms with Crippen molar-refractivity contribution in [1.29, 1.82) is 0 Å². The zero-order valence-corrected chi connectivity index (χ0v) is 15.0. The van der Waals surface area contributed by atoms with E-state index in [-0.39, 0.29) is 25.2 Å². The van der Waals surface area contributed by atoms with E-state index in [1.54, 1.807) is 4.68 Å². The fraction of sp³-hybridized carbons (Fsp3) is 0.190. The highest BCUT2D eigenvalue weighted by Gasteiger charge is 2.14. The number of aliphatic carboxylic acids is 1.